The molecule has 0 saturated heterocycles. The lowest BCUT2D eigenvalue weighted by atomic mass is 10.1. The van der Waals surface area contributed by atoms with Crippen molar-refractivity contribution < 1.29 is 13.2 Å². The van der Waals surface area contributed by atoms with E-state index in [0.29, 0.717) is 6.42 Å². The Balaban J connectivity index is 1.83. The molecule has 1 aromatic heterocycles. The molecule has 1 amide bonds. The van der Waals surface area contributed by atoms with Crippen molar-refractivity contribution in [3.05, 3.63) is 52.2 Å². The minimum absolute atomic E-state index is 0.00965. The molecule has 1 heterocycles. The van der Waals surface area contributed by atoms with E-state index in [9.17, 15) is 13.2 Å². The number of amides is 1. The number of aryl methyl sites for hydroxylation is 1. The van der Waals surface area contributed by atoms with Gasteiger partial charge in [0.2, 0.25) is 15.9 Å². The Morgan fingerprint density at radius 2 is 1.96 bits per heavy atom. The summed E-state index contributed by atoms with van der Waals surface area (Å²) < 4.78 is 22.4. The summed E-state index contributed by atoms with van der Waals surface area (Å²) in [6.07, 6.45) is 2.18. The van der Waals surface area contributed by atoms with Crippen LogP contribution in [-0.2, 0) is 21.2 Å². The number of primary sulfonamides is 1. The summed E-state index contributed by atoms with van der Waals surface area (Å²) in [6, 6.07) is 10.1. The van der Waals surface area contributed by atoms with Crippen LogP contribution in [0, 0.1) is 0 Å². The van der Waals surface area contributed by atoms with E-state index in [1.54, 1.807) is 23.5 Å². The molecule has 0 radical (unpaired) electrons. The molecule has 0 aliphatic rings. The van der Waals surface area contributed by atoms with Crippen molar-refractivity contribution in [2.45, 2.75) is 37.1 Å². The van der Waals surface area contributed by atoms with Gasteiger partial charge in [-0.05, 0) is 48.9 Å². The fourth-order valence-corrected chi connectivity index (χ4v) is 3.49. The minimum Gasteiger partial charge on any atom is -0.350 e. The molecular weight excluding hydrogens is 332 g/mol. The highest BCUT2D eigenvalue weighted by Gasteiger charge is 2.12. The van der Waals surface area contributed by atoms with Crippen LogP contribution < -0.4 is 10.5 Å². The van der Waals surface area contributed by atoms with Crippen LogP contribution in [0.5, 0.6) is 0 Å². The van der Waals surface area contributed by atoms with E-state index >= 15 is 0 Å². The molecule has 0 fully saturated rings. The first-order valence-corrected chi connectivity index (χ1v) is 9.73. The zero-order valence-corrected chi connectivity index (χ0v) is 14.5. The molecule has 0 saturated carbocycles. The SMILES string of the molecule is C[C@H](NC(=O)CCCc1cccs1)c1ccc(S(N)(=O)=O)cc1. The summed E-state index contributed by atoms with van der Waals surface area (Å²) in [6.45, 7) is 1.86. The zero-order chi connectivity index (χ0) is 16.9. The van der Waals surface area contributed by atoms with Crippen LogP contribution in [-0.4, -0.2) is 14.3 Å². The topological polar surface area (TPSA) is 89.3 Å². The van der Waals surface area contributed by atoms with Crippen LogP contribution in [0.1, 0.15) is 36.2 Å². The lowest BCUT2D eigenvalue weighted by Crippen LogP contribution is -2.26. The molecule has 7 heteroatoms. The van der Waals surface area contributed by atoms with Crippen LogP contribution in [0.15, 0.2) is 46.7 Å². The van der Waals surface area contributed by atoms with Crippen molar-refractivity contribution in [2.75, 3.05) is 0 Å². The Labute approximate surface area is 140 Å². The number of benzene rings is 1. The maximum Gasteiger partial charge on any atom is 0.238 e. The van der Waals surface area contributed by atoms with E-state index in [-0.39, 0.29) is 16.8 Å². The summed E-state index contributed by atoms with van der Waals surface area (Å²) >= 11 is 1.70. The quantitative estimate of drug-likeness (QED) is 0.802. The van der Waals surface area contributed by atoms with Gasteiger partial charge >= 0.3 is 0 Å². The molecule has 5 nitrogen and oxygen atoms in total. The number of sulfonamides is 1. The van der Waals surface area contributed by atoms with Crippen LogP contribution in [0.4, 0.5) is 0 Å². The van der Waals surface area contributed by atoms with Gasteiger partial charge in [-0.25, -0.2) is 13.6 Å². The second-order valence-electron chi connectivity index (χ2n) is 5.34. The van der Waals surface area contributed by atoms with E-state index in [0.717, 1.165) is 18.4 Å². The average Bonchev–Trinajstić information content (AvgIpc) is 2.99. The summed E-state index contributed by atoms with van der Waals surface area (Å²) in [4.78, 5) is 13.3. The Morgan fingerprint density at radius 3 is 2.52 bits per heavy atom. The van der Waals surface area contributed by atoms with Crippen molar-refractivity contribution in [3.63, 3.8) is 0 Å². The lowest BCUT2D eigenvalue weighted by molar-refractivity contribution is -0.121. The third-order valence-corrected chi connectivity index (χ3v) is 5.36. The number of rotatable bonds is 7. The minimum atomic E-state index is -3.69. The molecule has 1 aromatic carbocycles. The molecule has 0 bridgehead atoms. The number of thiophene rings is 1. The summed E-state index contributed by atoms with van der Waals surface area (Å²) in [5, 5.41) is 10.0. The number of hydrogen-bond acceptors (Lipinski definition) is 4. The van der Waals surface area contributed by atoms with Crippen molar-refractivity contribution >= 4 is 27.3 Å². The van der Waals surface area contributed by atoms with Gasteiger partial charge < -0.3 is 5.32 Å². The van der Waals surface area contributed by atoms with E-state index in [2.05, 4.69) is 11.4 Å². The Bertz CT molecular complexity index is 738. The molecule has 2 rings (SSSR count). The predicted molar refractivity (Wildman–Crippen MR) is 91.6 cm³/mol. The van der Waals surface area contributed by atoms with Gasteiger partial charge in [0.1, 0.15) is 0 Å². The Kier molecular flexibility index (Phi) is 5.92. The normalized spacial score (nSPS) is 12.8. The number of carbonyl (C=O) groups is 1. The van der Waals surface area contributed by atoms with Gasteiger partial charge in [-0.2, -0.15) is 0 Å². The predicted octanol–water partition coefficient (Wildman–Crippen LogP) is 2.60. The number of hydrogen-bond donors (Lipinski definition) is 2. The van der Waals surface area contributed by atoms with Gasteiger partial charge in [-0.1, -0.05) is 18.2 Å². The smallest absolute Gasteiger partial charge is 0.238 e. The van der Waals surface area contributed by atoms with E-state index in [1.165, 1.54) is 17.0 Å². The standard InChI is InChI=1S/C16H20N2O3S2/c1-12(13-7-9-15(10-8-13)23(17,20)21)18-16(19)6-2-4-14-5-3-11-22-14/h3,5,7-12H,2,4,6H2,1H3,(H,18,19)(H2,17,20,21)/t12-/m0/s1. The third-order valence-electron chi connectivity index (χ3n) is 3.49. The highest BCUT2D eigenvalue weighted by molar-refractivity contribution is 7.89. The molecule has 0 aliphatic carbocycles. The molecule has 0 spiro atoms. The molecule has 0 aliphatic heterocycles. The van der Waals surface area contributed by atoms with Crippen molar-refractivity contribution in [3.8, 4) is 0 Å². The number of carbonyl (C=O) groups excluding carboxylic acids is 1. The molecule has 2 aromatic rings. The summed E-state index contributed by atoms with van der Waals surface area (Å²) in [7, 11) is -3.69. The molecule has 0 unspecified atom stereocenters. The largest absolute Gasteiger partial charge is 0.350 e. The van der Waals surface area contributed by atoms with Gasteiger partial charge in [-0.3, -0.25) is 4.79 Å². The highest BCUT2D eigenvalue weighted by Crippen LogP contribution is 2.16. The average molecular weight is 352 g/mol. The Morgan fingerprint density at radius 1 is 1.26 bits per heavy atom. The second kappa shape index (κ2) is 7.72. The molecule has 3 N–H and O–H groups in total. The van der Waals surface area contributed by atoms with Crippen LogP contribution >= 0.6 is 11.3 Å². The fraction of sp³-hybridized carbons (Fsp3) is 0.312. The first kappa shape index (κ1) is 17.7. The maximum absolute atomic E-state index is 12.0. The molecule has 124 valence electrons. The van der Waals surface area contributed by atoms with E-state index < -0.39 is 10.0 Å². The molecule has 23 heavy (non-hydrogen) atoms. The number of nitrogens with one attached hydrogen (secondary N) is 1. The van der Waals surface area contributed by atoms with Gasteiger partial charge in [0, 0.05) is 11.3 Å². The van der Waals surface area contributed by atoms with Crippen molar-refractivity contribution in [1.29, 1.82) is 0 Å². The van der Waals surface area contributed by atoms with E-state index in [1.807, 2.05) is 18.4 Å². The number of nitrogens with two attached hydrogens (primary N) is 1. The monoisotopic (exact) mass is 352 g/mol. The summed E-state index contributed by atoms with van der Waals surface area (Å²) in [5.41, 5.74) is 0.837. The third kappa shape index (κ3) is 5.46. The molecular formula is C16H20N2O3S2. The lowest BCUT2D eigenvalue weighted by Gasteiger charge is -2.14. The zero-order valence-electron chi connectivity index (χ0n) is 12.9. The van der Waals surface area contributed by atoms with Crippen LogP contribution in [0.2, 0.25) is 0 Å². The fourth-order valence-electron chi connectivity index (χ4n) is 2.22. The van der Waals surface area contributed by atoms with Gasteiger partial charge in [-0.15, -0.1) is 11.3 Å². The second-order valence-corrected chi connectivity index (χ2v) is 7.93. The van der Waals surface area contributed by atoms with Crippen LogP contribution in [0.25, 0.3) is 0 Å². The first-order chi connectivity index (χ1) is 10.9. The Hall–Kier alpha value is -1.70. The van der Waals surface area contributed by atoms with E-state index in [4.69, 9.17) is 5.14 Å². The van der Waals surface area contributed by atoms with Gasteiger partial charge in [0.25, 0.3) is 0 Å². The van der Waals surface area contributed by atoms with Crippen molar-refractivity contribution in [1.82, 2.24) is 5.32 Å². The van der Waals surface area contributed by atoms with Gasteiger partial charge in [0.05, 0.1) is 10.9 Å². The van der Waals surface area contributed by atoms with Crippen LogP contribution in [0.3, 0.4) is 0 Å². The first-order valence-electron chi connectivity index (χ1n) is 7.31. The maximum atomic E-state index is 12.0. The van der Waals surface area contributed by atoms with Gasteiger partial charge in [0.15, 0.2) is 0 Å². The highest BCUT2D eigenvalue weighted by atomic mass is 32.2. The summed E-state index contributed by atoms with van der Waals surface area (Å²) in [5.74, 6) is -0.00965. The molecule has 1 atom stereocenters. The van der Waals surface area contributed by atoms with Crippen molar-refractivity contribution in [2.24, 2.45) is 5.14 Å².